The van der Waals surface area contributed by atoms with Gasteiger partial charge in [-0.25, -0.2) is 9.59 Å². The van der Waals surface area contributed by atoms with Gasteiger partial charge in [0.1, 0.15) is 11.5 Å². The molecule has 2 amide bonds. The zero-order valence-corrected chi connectivity index (χ0v) is 31.5. The quantitative estimate of drug-likeness (QED) is 0.0856. The monoisotopic (exact) mass is 766 g/mol. The van der Waals surface area contributed by atoms with E-state index in [4.69, 9.17) is 14.2 Å². The molecule has 0 radical (unpaired) electrons. The Labute approximate surface area is 330 Å². The normalized spacial score (nSPS) is 17.8. The smallest absolute Gasteiger partial charge is 0.336 e. The van der Waals surface area contributed by atoms with Crippen molar-refractivity contribution in [3.05, 3.63) is 179 Å². The molecule has 1 fully saturated rings. The predicted octanol–water partition coefficient (Wildman–Crippen LogP) is 10.2. The SMILES string of the molecule is C[C@@H]1[C@H](CSc2ccccc2C(=O)O)O[C@H](c2ccc(-c3cccc(CNC(=O)Nc4ccc(Oc5ccccc5)cc4)c3)cc2)O[C@@H]1c1ccc(CO)cc1. The molecule has 0 aliphatic carbocycles. The van der Waals surface area contributed by atoms with Crippen LogP contribution in [0.15, 0.2) is 157 Å². The van der Waals surface area contributed by atoms with Crippen LogP contribution in [0.3, 0.4) is 0 Å². The first-order chi connectivity index (χ1) is 27.3. The van der Waals surface area contributed by atoms with Gasteiger partial charge in [0.25, 0.3) is 0 Å². The number of carboxylic acids is 1. The van der Waals surface area contributed by atoms with Gasteiger partial charge in [-0.3, -0.25) is 0 Å². The summed E-state index contributed by atoms with van der Waals surface area (Å²) in [4.78, 5) is 25.3. The van der Waals surface area contributed by atoms with Crippen LogP contribution in [0.1, 0.15) is 51.9 Å². The van der Waals surface area contributed by atoms with Crippen molar-refractivity contribution >= 4 is 29.4 Å². The van der Waals surface area contributed by atoms with Gasteiger partial charge in [0.2, 0.25) is 0 Å². The van der Waals surface area contributed by atoms with Gasteiger partial charge >= 0.3 is 12.0 Å². The number of aliphatic hydroxyl groups excluding tert-OH is 1. The fourth-order valence-corrected chi connectivity index (χ4v) is 7.74. The summed E-state index contributed by atoms with van der Waals surface area (Å²) in [6.45, 7) is 2.38. The highest BCUT2D eigenvalue weighted by molar-refractivity contribution is 7.99. The summed E-state index contributed by atoms with van der Waals surface area (Å²) in [5, 5.41) is 25.1. The van der Waals surface area contributed by atoms with E-state index in [2.05, 4.69) is 23.6 Å². The Kier molecular flexibility index (Phi) is 12.4. The number of benzene rings is 6. The molecule has 4 atom stereocenters. The molecule has 284 valence electrons. The second-order valence-corrected chi connectivity index (χ2v) is 14.6. The van der Waals surface area contributed by atoms with Gasteiger partial charge in [0.05, 0.1) is 24.4 Å². The lowest BCUT2D eigenvalue weighted by molar-refractivity contribution is -0.268. The Balaban J connectivity index is 1.00. The number of aliphatic hydroxyl groups is 1. The number of carboxylic acid groups (broad SMARTS) is 1. The predicted molar refractivity (Wildman–Crippen MR) is 218 cm³/mol. The number of aromatic carboxylic acids is 1. The summed E-state index contributed by atoms with van der Waals surface area (Å²) in [5.41, 5.74) is 6.50. The maximum absolute atomic E-state index is 12.7. The topological polar surface area (TPSA) is 126 Å². The number of para-hydroxylation sites is 1. The number of rotatable bonds is 13. The molecule has 1 saturated heterocycles. The molecule has 56 heavy (non-hydrogen) atoms. The molecule has 1 aliphatic heterocycles. The Morgan fingerprint density at radius 1 is 0.714 bits per heavy atom. The third-order valence-corrected chi connectivity index (χ3v) is 10.8. The molecular weight excluding hydrogens is 725 g/mol. The molecule has 10 heteroatoms. The number of carbonyl (C=O) groups is 2. The summed E-state index contributed by atoms with van der Waals surface area (Å²) in [6.07, 6.45) is -1.21. The molecule has 0 saturated carbocycles. The molecule has 4 N–H and O–H groups in total. The summed E-state index contributed by atoms with van der Waals surface area (Å²) < 4.78 is 19.1. The molecule has 6 aromatic carbocycles. The number of amides is 2. The first kappa shape index (κ1) is 38.4. The molecule has 0 bridgehead atoms. The highest BCUT2D eigenvalue weighted by Gasteiger charge is 2.38. The van der Waals surface area contributed by atoms with E-state index in [0.717, 1.165) is 39.1 Å². The summed E-state index contributed by atoms with van der Waals surface area (Å²) in [7, 11) is 0. The standard InChI is InChI=1S/C46H42N2O7S/c1-30-41(29-56-42-13-6-5-12-40(42)44(50)51)54-45(55-43(30)34-16-14-31(28-49)15-17-34)35-20-18-33(19-21-35)36-9-7-8-32(26-36)27-47-46(52)48-37-22-24-39(25-23-37)53-38-10-3-2-4-11-38/h2-26,30,41,43,45,49H,27-29H2,1H3,(H,50,51)(H2,47,48,52)/t30-,41+,43+,45+/m1/s1. The van der Waals surface area contributed by atoms with Crippen molar-refractivity contribution in [1.82, 2.24) is 5.32 Å². The zero-order chi connectivity index (χ0) is 38.9. The molecule has 9 nitrogen and oxygen atoms in total. The zero-order valence-electron chi connectivity index (χ0n) is 30.7. The van der Waals surface area contributed by atoms with Crippen LogP contribution in [0.5, 0.6) is 11.5 Å². The minimum atomic E-state index is -0.964. The minimum absolute atomic E-state index is 0.0436. The van der Waals surface area contributed by atoms with Gasteiger partial charge in [-0.2, -0.15) is 0 Å². The summed E-state index contributed by atoms with van der Waals surface area (Å²) in [6, 6.07) is 47.2. The van der Waals surface area contributed by atoms with Gasteiger partial charge in [-0.1, -0.05) is 104 Å². The average molecular weight is 767 g/mol. The van der Waals surface area contributed by atoms with Crippen LogP contribution in [-0.2, 0) is 22.6 Å². The fourth-order valence-electron chi connectivity index (χ4n) is 6.53. The van der Waals surface area contributed by atoms with Crippen molar-refractivity contribution in [3.63, 3.8) is 0 Å². The Hall–Kier alpha value is -5.91. The molecule has 1 heterocycles. The number of anilines is 1. The van der Waals surface area contributed by atoms with Crippen molar-refractivity contribution in [3.8, 4) is 22.6 Å². The van der Waals surface area contributed by atoms with E-state index in [1.807, 2.05) is 121 Å². The van der Waals surface area contributed by atoms with Crippen LogP contribution in [0.25, 0.3) is 11.1 Å². The second-order valence-electron chi connectivity index (χ2n) is 13.5. The Bertz CT molecular complexity index is 2230. The third-order valence-electron chi connectivity index (χ3n) is 9.63. The van der Waals surface area contributed by atoms with Gasteiger partial charge in [0, 0.05) is 34.4 Å². The highest BCUT2D eigenvalue weighted by Crippen LogP contribution is 2.43. The molecule has 0 spiro atoms. The van der Waals surface area contributed by atoms with Crippen LogP contribution in [0.4, 0.5) is 10.5 Å². The van der Waals surface area contributed by atoms with Crippen LogP contribution in [0.2, 0.25) is 0 Å². The van der Waals surface area contributed by atoms with Gasteiger partial charge in [0.15, 0.2) is 6.29 Å². The van der Waals surface area contributed by atoms with E-state index < -0.39 is 12.3 Å². The first-order valence-corrected chi connectivity index (χ1v) is 19.3. The van der Waals surface area contributed by atoms with Crippen molar-refractivity contribution in [2.24, 2.45) is 5.92 Å². The largest absolute Gasteiger partial charge is 0.478 e. The molecule has 1 aliphatic rings. The van der Waals surface area contributed by atoms with E-state index in [1.165, 1.54) is 11.8 Å². The summed E-state index contributed by atoms with van der Waals surface area (Å²) in [5.74, 6) is 0.936. The molecule has 0 unspecified atom stereocenters. The van der Waals surface area contributed by atoms with Gasteiger partial charge in [-0.15, -0.1) is 11.8 Å². The molecule has 6 aromatic rings. The second kappa shape index (κ2) is 18.1. The van der Waals surface area contributed by atoms with Gasteiger partial charge < -0.3 is 35.1 Å². The number of hydrogen-bond donors (Lipinski definition) is 4. The van der Waals surface area contributed by atoms with Crippen molar-refractivity contribution in [2.75, 3.05) is 11.1 Å². The molecule has 7 rings (SSSR count). The minimum Gasteiger partial charge on any atom is -0.478 e. The van der Waals surface area contributed by atoms with Crippen molar-refractivity contribution in [1.29, 1.82) is 0 Å². The number of nitrogens with one attached hydrogen (secondary N) is 2. The Morgan fingerprint density at radius 2 is 1.41 bits per heavy atom. The molecule has 0 aromatic heterocycles. The number of thioether (sulfide) groups is 1. The number of ether oxygens (including phenoxy) is 3. The first-order valence-electron chi connectivity index (χ1n) is 18.4. The van der Waals surface area contributed by atoms with E-state index in [0.29, 0.717) is 28.6 Å². The van der Waals surface area contributed by atoms with E-state index in [1.54, 1.807) is 24.3 Å². The highest BCUT2D eigenvalue weighted by atomic mass is 32.2. The fraction of sp³-hybridized carbons (Fsp3) is 0.174. The van der Waals surface area contributed by atoms with Crippen LogP contribution < -0.4 is 15.4 Å². The lowest BCUT2D eigenvalue weighted by Crippen LogP contribution is -2.38. The number of carbonyl (C=O) groups excluding carboxylic acids is 1. The van der Waals surface area contributed by atoms with Crippen molar-refractivity contribution in [2.45, 2.75) is 43.5 Å². The molecular formula is C46H42N2O7S. The number of hydrogen-bond acceptors (Lipinski definition) is 7. The van der Waals surface area contributed by atoms with Gasteiger partial charge in [-0.05, 0) is 82.4 Å². The van der Waals surface area contributed by atoms with E-state index in [9.17, 15) is 19.8 Å². The maximum atomic E-state index is 12.7. The Morgan fingerprint density at radius 3 is 2.14 bits per heavy atom. The lowest BCUT2D eigenvalue weighted by atomic mass is 9.91. The van der Waals surface area contributed by atoms with Crippen LogP contribution >= 0.6 is 11.8 Å². The third kappa shape index (κ3) is 9.66. The van der Waals surface area contributed by atoms with E-state index in [-0.39, 0.29) is 36.3 Å². The number of urea groups is 1. The lowest BCUT2D eigenvalue weighted by Gasteiger charge is -2.41. The summed E-state index contributed by atoms with van der Waals surface area (Å²) >= 11 is 1.46. The van der Waals surface area contributed by atoms with Crippen LogP contribution in [-0.4, -0.2) is 34.1 Å². The van der Waals surface area contributed by atoms with E-state index >= 15 is 0 Å². The van der Waals surface area contributed by atoms with Crippen molar-refractivity contribution < 1.29 is 34.0 Å². The average Bonchev–Trinajstić information content (AvgIpc) is 3.24. The van der Waals surface area contributed by atoms with Crippen LogP contribution in [0, 0.1) is 5.92 Å². The maximum Gasteiger partial charge on any atom is 0.336 e.